The SMILES string of the molecule is CCC(c1ccc(F)cc1)[C@H]1CCOC(C)(C)C1. The van der Waals surface area contributed by atoms with Gasteiger partial charge < -0.3 is 4.74 Å². The van der Waals surface area contributed by atoms with Crippen molar-refractivity contribution < 1.29 is 9.13 Å². The fourth-order valence-corrected chi connectivity index (χ4v) is 3.17. The van der Waals surface area contributed by atoms with Crippen LogP contribution in [-0.2, 0) is 4.74 Å². The molecule has 18 heavy (non-hydrogen) atoms. The third kappa shape index (κ3) is 3.11. The van der Waals surface area contributed by atoms with E-state index in [1.807, 2.05) is 12.1 Å². The van der Waals surface area contributed by atoms with E-state index in [1.54, 1.807) is 12.1 Å². The van der Waals surface area contributed by atoms with E-state index in [-0.39, 0.29) is 11.4 Å². The van der Waals surface area contributed by atoms with E-state index < -0.39 is 0 Å². The largest absolute Gasteiger partial charge is 0.376 e. The van der Waals surface area contributed by atoms with Gasteiger partial charge in [0.05, 0.1) is 5.60 Å². The highest BCUT2D eigenvalue weighted by atomic mass is 19.1. The van der Waals surface area contributed by atoms with Gasteiger partial charge in [0.2, 0.25) is 0 Å². The van der Waals surface area contributed by atoms with Crippen molar-refractivity contribution in [1.82, 2.24) is 0 Å². The molecule has 0 spiro atoms. The summed E-state index contributed by atoms with van der Waals surface area (Å²) >= 11 is 0. The third-order valence-corrected chi connectivity index (χ3v) is 4.04. The van der Waals surface area contributed by atoms with Gasteiger partial charge >= 0.3 is 0 Å². The third-order valence-electron chi connectivity index (χ3n) is 4.04. The number of hydrogen-bond donors (Lipinski definition) is 0. The Morgan fingerprint density at radius 2 is 2.00 bits per heavy atom. The van der Waals surface area contributed by atoms with Crippen LogP contribution >= 0.6 is 0 Å². The molecule has 2 rings (SSSR count). The zero-order valence-electron chi connectivity index (χ0n) is 11.6. The van der Waals surface area contributed by atoms with Crippen molar-refractivity contribution in [3.8, 4) is 0 Å². The second kappa shape index (κ2) is 5.40. The van der Waals surface area contributed by atoms with Gasteiger partial charge in [0.25, 0.3) is 0 Å². The van der Waals surface area contributed by atoms with Crippen LogP contribution in [-0.4, -0.2) is 12.2 Å². The molecule has 2 heteroatoms. The molecule has 0 bridgehead atoms. The summed E-state index contributed by atoms with van der Waals surface area (Å²) in [6.07, 6.45) is 3.30. The predicted molar refractivity (Wildman–Crippen MR) is 72.2 cm³/mol. The Bertz CT molecular complexity index is 383. The number of benzene rings is 1. The predicted octanol–water partition coefficient (Wildman–Crippen LogP) is 4.52. The normalized spacial score (nSPS) is 24.8. The van der Waals surface area contributed by atoms with Crippen molar-refractivity contribution in [1.29, 1.82) is 0 Å². The van der Waals surface area contributed by atoms with Crippen LogP contribution in [0.1, 0.15) is 51.5 Å². The van der Waals surface area contributed by atoms with E-state index in [1.165, 1.54) is 5.56 Å². The van der Waals surface area contributed by atoms with E-state index in [0.29, 0.717) is 11.8 Å². The standard InChI is InChI=1S/C16H23FO/c1-4-15(12-5-7-14(17)8-6-12)13-9-10-18-16(2,3)11-13/h5-8,13,15H,4,9-11H2,1-3H3/t13-,15?/m0/s1. The highest BCUT2D eigenvalue weighted by molar-refractivity contribution is 5.21. The molecule has 1 aliphatic heterocycles. The van der Waals surface area contributed by atoms with Gasteiger partial charge in [-0.3, -0.25) is 0 Å². The second-order valence-electron chi connectivity index (χ2n) is 5.93. The second-order valence-corrected chi connectivity index (χ2v) is 5.93. The fourth-order valence-electron chi connectivity index (χ4n) is 3.17. The van der Waals surface area contributed by atoms with Crippen molar-refractivity contribution in [2.75, 3.05) is 6.61 Å². The molecule has 1 aliphatic rings. The summed E-state index contributed by atoms with van der Waals surface area (Å²) in [5.41, 5.74) is 1.25. The first-order chi connectivity index (χ1) is 8.52. The molecule has 1 heterocycles. The quantitative estimate of drug-likeness (QED) is 0.766. The van der Waals surface area contributed by atoms with Crippen LogP contribution in [0.25, 0.3) is 0 Å². The number of ether oxygens (including phenoxy) is 1. The maximum absolute atomic E-state index is 13.0. The summed E-state index contributed by atoms with van der Waals surface area (Å²) in [6.45, 7) is 7.39. The van der Waals surface area contributed by atoms with Gasteiger partial charge in [-0.2, -0.15) is 0 Å². The molecular weight excluding hydrogens is 227 g/mol. The smallest absolute Gasteiger partial charge is 0.123 e. The minimum Gasteiger partial charge on any atom is -0.376 e. The number of halogens is 1. The van der Waals surface area contributed by atoms with Crippen LogP contribution in [0.4, 0.5) is 4.39 Å². The molecular formula is C16H23FO. The molecule has 0 N–H and O–H groups in total. The zero-order chi connectivity index (χ0) is 13.2. The van der Waals surface area contributed by atoms with E-state index >= 15 is 0 Å². The van der Waals surface area contributed by atoms with Crippen molar-refractivity contribution in [2.24, 2.45) is 5.92 Å². The van der Waals surface area contributed by atoms with Gasteiger partial charge in [-0.1, -0.05) is 19.1 Å². The Hall–Kier alpha value is -0.890. The molecule has 0 aromatic heterocycles. The maximum Gasteiger partial charge on any atom is 0.123 e. The summed E-state index contributed by atoms with van der Waals surface area (Å²) in [7, 11) is 0. The Morgan fingerprint density at radius 1 is 1.33 bits per heavy atom. The van der Waals surface area contributed by atoms with Gasteiger partial charge in [0.1, 0.15) is 5.82 Å². The Balaban J connectivity index is 2.15. The van der Waals surface area contributed by atoms with Crippen molar-refractivity contribution in [2.45, 2.75) is 51.6 Å². The number of rotatable bonds is 3. The van der Waals surface area contributed by atoms with Crippen LogP contribution in [0.2, 0.25) is 0 Å². The van der Waals surface area contributed by atoms with Crippen LogP contribution < -0.4 is 0 Å². The summed E-state index contributed by atoms with van der Waals surface area (Å²) < 4.78 is 18.8. The van der Waals surface area contributed by atoms with Crippen molar-refractivity contribution in [3.05, 3.63) is 35.6 Å². The molecule has 2 atom stereocenters. The van der Waals surface area contributed by atoms with Crippen molar-refractivity contribution >= 4 is 0 Å². The molecule has 1 unspecified atom stereocenters. The van der Waals surface area contributed by atoms with Crippen molar-refractivity contribution in [3.63, 3.8) is 0 Å². The maximum atomic E-state index is 13.0. The monoisotopic (exact) mass is 250 g/mol. The van der Waals surface area contributed by atoms with Crippen LogP contribution in [0.3, 0.4) is 0 Å². The molecule has 100 valence electrons. The Labute approximate surface area is 109 Å². The molecule has 1 aromatic rings. The van der Waals surface area contributed by atoms with Gasteiger partial charge in [-0.25, -0.2) is 4.39 Å². The molecule has 1 nitrogen and oxygen atoms in total. The minimum absolute atomic E-state index is 0.0175. The Kier molecular flexibility index (Phi) is 4.06. The summed E-state index contributed by atoms with van der Waals surface area (Å²) in [6, 6.07) is 7.02. The summed E-state index contributed by atoms with van der Waals surface area (Å²) in [4.78, 5) is 0. The highest BCUT2D eigenvalue weighted by Crippen LogP contribution is 2.39. The molecule has 0 radical (unpaired) electrons. The number of hydrogen-bond acceptors (Lipinski definition) is 1. The van der Waals surface area contributed by atoms with Gasteiger partial charge in [0.15, 0.2) is 0 Å². The fraction of sp³-hybridized carbons (Fsp3) is 0.625. The molecule has 0 saturated carbocycles. The topological polar surface area (TPSA) is 9.23 Å². The first kappa shape index (κ1) is 13.5. The van der Waals surface area contributed by atoms with Crippen LogP contribution in [0, 0.1) is 11.7 Å². The minimum atomic E-state index is -0.152. The first-order valence-corrected chi connectivity index (χ1v) is 6.91. The zero-order valence-corrected chi connectivity index (χ0v) is 11.6. The van der Waals surface area contributed by atoms with Gasteiger partial charge in [-0.15, -0.1) is 0 Å². The molecule has 0 aliphatic carbocycles. The lowest BCUT2D eigenvalue weighted by Crippen LogP contribution is -2.36. The average molecular weight is 250 g/mol. The molecule has 1 fully saturated rings. The summed E-state index contributed by atoms with van der Waals surface area (Å²) in [5.74, 6) is 1.01. The first-order valence-electron chi connectivity index (χ1n) is 6.91. The van der Waals surface area contributed by atoms with Gasteiger partial charge in [0, 0.05) is 6.61 Å². The van der Waals surface area contributed by atoms with Crippen LogP contribution in [0.15, 0.2) is 24.3 Å². The molecule has 1 saturated heterocycles. The lowest BCUT2D eigenvalue weighted by Gasteiger charge is -2.39. The lowest BCUT2D eigenvalue weighted by atomic mass is 9.75. The van der Waals surface area contributed by atoms with E-state index in [9.17, 15) is 4.39 Å². The molecule has 1 aromatic carbocycles. The van der Waals surface area contributed by atoms with Crippen LogP contribution in [0.5, 0.6) is 0 Å². The Morgan fingerprint density at radius 3 is 2.56 bits per heavy atom. The van der Waals surface area contributed by atoms with E-state index in [2.05, 4.69) is 20.8 Å². The van der Waals surface area contributed by atoms with E-state index in [4.69, 9.17) is 4.74 Å². The van der Waals surface area contributed by atoms with Gasteiger partial charge in [-0.05, 0) is 62.6 Å². The average Bonchev–Trinajstić information content (AvgIpc) is 2.31. The highest BCUT2D eigenvalue weighted by Gasteiger charge is 2.33. The lowest BCUT2D eigenvalue weighted by molar-refractivity contribution is -0.0770. The van der Waals surface area contributed by atoms with E-state index in [0.717, 1.165) is 25.9 Å². The molecule has 0 amide bonds. The summed E-state index contributed by atoms with van der Waals surface area (Å²) in [5, 5.41) is 0.